The minimum absolute atomic E-state index is 0.115. The van der Waals surface area contributed by atoms with Crippen LogP contribution in [0.15, 0.2) is 54.9 Å². The molecule has 102 valence electrons. The standard InChI is InChI=1S/C16H15IN2O/c1-20-15-7-6-11(17)10-12(15)16(13-4-2-8-18-13)14-5-3-9-19-14/h2-10,16,18-19H,1H3. The van der Waals surface area contributed by atoms with Crippen molar-refractivity contribution in [1.82, 2.24) is 9.97 Å². The van der Waals surface area contributed by atoms with E-state index in [-0.39, 0.29) is 5.92 Å². The highest BCUT2D eigenvalue weighted by atomic mass is 127. The molecule has 3 nitrogen and oxygen atoms in total. The van der Waals surface area contributed by atoms with Crippen LogP contribution in [0.5, 0.6) is 5.75 Å². The highest BCUT2D eigenvalue weighted by Crippen LogP contribution is 2.36. The van der Waals surface area contributed by atoms with E-state index in [1.54, 1.807) is 7.11 Å². The van der Waals surface area contributed by atoms with E-state index in [0.29, 0.717) is 0 Å². The Balaban J connectivity index is 2.18. The Morgan fingerprint density at radius 3 is 2.15 bits per heavy atom. The average Bonchev–Trinajstić information content (AvgIpc) is 3.13. The van der Waals surface area contributed by atoms with Gasteiger partial charge in [-0.05, 0) is 65.1 Å². The minimum Gasteiger partial charge on any atom is -0.496 e. The van der Waals surface area contributed by atoms with Crippen molar-refractivity contribution < 1.29 is 4.74 Å². The van der Waals surface area contributed by atoms with Crippen LogP contribution in [0.2, 0.25) is 0 Å². The predicted octanol–water partition coefficient (Wildman–Crippen LogP) is 4.14. The third-order valence-electron chi connectivity index (χ3n) is 3.37. The number of aromatic nitrogens is 2. The lowest BCUT2D eigenvalue weighted by atomic mass is 9.92. The van der Waals surface area contributed by atoms with Gasteiger partial charge in [0.05, 0.1) is 13.0 Å². The van der Waals surface area contributed by atoms with Crippen molar-refractivity contribution in [1.29, 1.82) is 0 Å². The maximum Gasteiger partial charge on any atom is 0.123 e. The van der Waals surface area contributed by atoms with E-state index >= 15 is 0 Å². The molecule has 0 saturated carbocycles. The van der Waals surface area contributed by atoms with Crippen molar-refractivity contribution in [2.24, 2.45) is 0 Å². The zero-order chi connectivity index (χ0) is 13.9. The molecule has 0 amide bonds. The molecule has 20 heavy (non-hydrogen) atoms. The Hall–Kier alpha value is -1.69. The van der Waals surface area contributed by atoms with E-state index in [4.69, 9.17) is 4.74 Å². The molecule has 2 aromatic heterocycles. The summed E-state index contributed by atoms with van der Waals surface area (Å²) >= 11 is 2.33. The molecule has 0 aliphatic rings. The number of aromatic amines is 2. The molecule has 2 heterocycles. The molecule has 0 aliphatic carbocycles. The van der Waals surface area contributed by atoms with Crippen LogP contribution in [0.4, 0.5) is 0 Å². The molecule has 1 aromatic carbocycles. The Kier molecular flexibility index (Phi) is 3.82. The Morgan fingerprint density at radius 2 is 1.65 bits per heavy atom. The van der Waals surface area contributed by atoms with Crippen molar-refractivity contribution in [2.45, 2.75) is 5.92 Å². The van der Waals surface area contributed by atoms with Gasteiger partial charge in [0, 0.05) is 32.9 Å². The van der Waals surface area contributed by atoms with Gasteiger partial charge in [0.25, 0.3) is 0 Å². The van der Waals surface area contributed by atoms with E-state index < -0.39 is 0 Å². The largest absolute Gasteiger partial charge is 0.496 e. The smallest absolute Gasteiger partial charge is 0.123 e. The SMILES string of the molecule is COc1ccc(I)cc1C(c1ccc[nH]1)c1ccc[nH]1. The highest BCUT2D eigenvalue weighted by molar-refractivity contribution is 14.1. The molecule has 0 spiro atoms. The molecule has 0 atom stereocenters. The molecule has 3 rings (SSSR count). The molecule has 0 aliphatic heterocycles. The Labute approximate surface area is 131 Å². The van der Waals surface area contributed by atoms with Gasteiger partial charge in [-0.1, -0.05) is 0 Å². The van der Waals surface area contributed by atoms with Crippen molar-refractivity contribution in [3.05, 3.63) is 75.4 Å². The first kappa shape index (κ1) is 13.3. The van der Waals surface area contributed by atoms with Crippen molar-refractivity contribution in [3.63, 3.8) is 0 Å². The van der Waals surface area contributed by atoms with Gasteiger partial charge in [-0.25, -0.2) is 0 Å². The van der Waals surface area contributed by atoms with E-state index in [2.05, 4.69) is 56.8 Å². The lowest BCUT2D eigenvalue weighted by molar-refractivity contribution is 0.408. The first-order valence-corrected chi connectivity index (χ1v) is 7.47. The summed E-state index contributed by atoms with van der Waals surface area (Å²) in [6.07, 6.45) is 3.90. The molecule has 0 unspecified atom stereocenters. The van der Waals surface area contributed by atoms with Gasteiger partial charge in [0.1, 0.15) is 5.75 Å². The third-order valence-corrected chi connectivity index (χ3v) is 4.04. The molecule has 2 N–H and O–H groups in total. The summed E-state index contributed by atoms with van der Waals surface area (Å²) in [5, 5.41) is 0. The van der Waals surface area contributed by atoms with Crippen LogP contribution in [0.25, 0.3) is 0 Å². The van der Waals surface area contributed by atoms with E-state index in [0.717, 1.165) is 22.7 Å². The van der Waals surface area contributed by atoms with Gasteiger partial charge in [0.2, 0.25) is 0 Å². The third kappa shape index (κ3) is 2.47. The number of methoxy groups -OCH3 is 1. The second-order valence-electron chi connectivity index (χ2n) is 4.57. The van der Waals surface area contributed by atoms with Crippen LogP contribution in [0, 0.1) is 3.57 Å². The molecule has 0 fully saturated rings. The lowest BCUT2D eigenvalue weighted by Crippen LogP contribution is -2.06. The second kappa shape index (κ2) is 5.75. The van der Waals surface area contributed by atoms with Crippen molar-refractivity contribution in [3.8, 4) is 5.75 Å². The zero-order valence-corrected chi connectivity index (χ0v) is 13.2. The lowest BCUT2D eigenvalue weighted by Gasteiger charge is -2.18. The van der Waals surface area contributed by atoms with Crippen molar-refractivity contribution >= 4 is 22.6 Å². The van der Waals surface area contributed by atoms with Crippen LogP contribution in [0.3, 0.4) is 0 Å². The molecule has 3 aromatic rings. The summed E-state index contributed by atoms with van der Waals surface area (Å²) in [5.74, 6) is 1.02. The number of halogens is 1. The van der Waals surface area contributed by atoms with E-state index in [1.807, 2.05) is 30.6 Å². The van der Waals surface area contributed by atoms with Gasteiger partial charge < -0.3 is 14.7 Å². The number of H-pyrrole nitrogens is 2. The fourth-order valence-corrected chi connectivity index (χ4v) is 3.00. The zero-order valence-electron chi connectivity index (χ0n) is 11.1. The van der Waals surface area contributed by atoms with Gasteiger partial charge in [-0.3, -0.25) is 0 Å². The van der Waals surface area contributed by atoms with Gasteiger partial charge >= 0.3 is 0 Å². The molecule has 0 saturated heterocycles. The fourth-order valence-electron chi connectivity index (χ4n) is 2.48. The maximum absolute atomic E-state index is 5.55. The number of benzene rings is 1. The number of hydrogen-bond acceptors (Lipinski definition) is 1. The molecular weight excluding hydrogens is 363 g/mol. The number of ether oxygens (including phenoxy) is 1. The number of nitrogens with one attached hydrogen (secondary N) is 2. The normalized spacial score (nSPS) is 10.9. The van der Waals surface area contributed by atoms with Crippen LogP contribution < -0.4 is 4.74 Å². The predicted molar refractivity (Wildman–Crippen MR) is 88.2 cm³/mol. The van der Waals surface area contributed by atoms with Gasteiger partial charge in [0.15, 0.2) is 0 Å². The molecule has 0 radical (unpaired) electrons. The minimum atomic E-state index is 0.115. The molecular formula is C16H15IN2O. The average molecular weight is 378 g/mol. The van der Waals surface area contributed by atoms with Crippen LogP contribution in [-0.4, -0.2) is 17.1 Å². The summed E-state index contributed by atoms with van der Waals surface area (Å²) in [6.45, 7) is 0. The number of rotatable bonds is 4. The topological polar surface area (TPSA) is 40.8 Å². The Morgan fingerprint density at radius 1 is 1.00 bits per heavy atom. The highest BCUT2D eigenvalue weighted by Gasteiger charge is 2.22. The molecule has 0 bridgehead atoms. The monoisotopic (exact) mass is 378 g/mol. The van der Waals surface area contributed by atoms with E-state index in [9.17, 15) is 0 Å². The van der Waals surface area contributed by atoms with Crippen LogP contribution in [-0.2, 0) is 0 Å². The van der Waals surface area contributed by atoms with E-state index in [1.165, 1.54) is 3.57 Å². The van der Waals surface area contributed by atoms with Crippen molar-refractivity contribution in [2.75, 3.05) is 7.11 Å². The number of hydrogen-bond donors (Lipinski definition) is 2. The summed E-state index contributed by atoms with van der Waals surface area (Å²) in [6, 6.07) is 14.5. The van der Waals surface area contributed by atoms with Gasteiger partial charge in [-0.15, -0.1) is 0 Å². The maximum atomic E-state index is 5.55. The van der Waals surface area contributed by atoms with Crippen LogP contribution in [0.1, 0.15) is 22.9 Å². The summed E-state index contributed by atoms with van der Waals surface area (Å²) in [7, 11) is 1.71. The first-order chi connectivity index (χ1) is 9.79. The molecule has 4 heteroatoms. The van der Waals surface area contributed by atoms with Gasteiger partial charge in [-0.2, -0.15) is 0 Å². The first-order valence-electron chi connectivity index (χ1n) is 6.39. The summed E-state index contributed by atoms with van der Waals surface area (Å²) in [5.41, 5.74) is 3.45. The summed E-state index contributed by atoms with van der Waals surface area (Å²) < 4.78 is 6.74. The fraction of sp³-hybridized carbons (Fsp3) is 0.125. The second-order valence-corrected chi connectivity index (χ2v) is 5.82. The van der Waals surface area contributed by atoms with Crippen LogP contribution >= 0.6 is 22.6 Å². The Bertz CT molecular complexity index is 640. The quantitative estimate of drug-likeness (QED) is 0.659. The summed E-state index contributed by atoms with van der Waals surface area (Å²) in [4.78, 5) is 6.63.